The molecule has 0 aliphatic carbocycles. The van der Waals surface area contributed by atoms with Gasteiger partial charge in [-0.25, -0.2) is 0 Å². The number of aryl methyl sites for hydroxylation is 1. The fourth-order valence-corrected chi connectivity index (χ4v) is 3.14. The van der Waals surface area contributed by atoms with Gasteiger partial charge in [0.05, 0.1) is 10.8 Å². The maximum absolute atomic E-state index is 12.0. The van der Waals surface area contributed by atoms with E-state index in [1.54, 1.807) is 24.3 Å². The fourth-order valence-electron chi connectivity index (χ4n) is 2.16. The van der Waals surface area contributed by atoms with Crippen molar-refractivity contribution in [2.75, 3.05) is 17.6 Å². The van der Waals surface area contributed by atoms with E-state index in [4.69, 9.17) is 0 Å². The lowest BCUT2D eigenvalue weighted by molar-refractivity contribution is -0.136. The van der Waals surface area contributed by atoms with Crippen molar-refractivity contribution >= 4 is 28.3 Å². The van der Waals surface area contributed by atoms with Crippen molar-refractivity contribution in [1.82, 2.24) is 5.32 Å². The number of benzene rings is 2. The molecule has 0 spiro atoms. The average Bonchev–Trinajstić information content (AvgIpc) is 2.62. The Morgan fingerprint density at radius 3 is 2.33 bits per heavy atom. The molecule has 0 bridgehead atoms. The molecule has 0 saturated carbocycles. The summed E-state index contributed by atoms with van der Waals surface area (Å²) in [6.07, 6.45) is 0.758. The lowest BCUT2D eigenvalue weighted by atomic mass is 10.1. The molecule has 0 saturated heterocycles. The Hall–Kier alpha value is -2.47. The Morgan fingerprint density at radius 2 is 1.62 bits per heavy atom. The van der Waals surface area contributed by atoms with E-state index in [2.05, 4.69) is 10.6 Å². The minimum atomic E-state index is -1.20. The van der Waals surface area contributed by atoms with Crippen molar-refractivity contribution in [2.45, 2.75) is 18.2 Å². The zero-order valence-electron chi connectivity index (χ0n) is 13.5. The Labute approximate surface area is 143 Å². The van der Waals surface area contributed by atoms with Crippen LogP contribution in [0.25, 0.3) is 0 Å². The first-order valence-electron chi connectivity index (χ1n) is 7.72. The molecule has 2 aromatic rings. The summed E-state index contributed by atoms with van der Waals surface area (Å²) >= 11 is 0. The van der Waals surface area contributed by atoms with E-state index in [0.29, 0.717) is 10.6 Å². The van der Waals surface area contributed by atoms with Gasteiger partial charge in [-0.1, -0.05) is 43.3 Å². The molecule has 0 unspecified atom stereocenters. The highest BCUT2D eigenvalue weighted by Gasteiger charge is 2.15. The summed E-state index contributed by atoms with van der Waals surface area (Å²) < 4.78 is 12.0. The fraction of sp³-hybridized carbons (Fsp3) is 0.222. The third-order valence-corrected chi connectivity index (χ3v) is 4.80. The van der Waals surface area contributed by atoms with Crippen molar-refractivity contribution in [1.29, 1.82) is 0 Å². The molecule has 0 aliphatic rings. The van der Waals surface area contributed by atoms with Gasteiger partial charge in [-0.2, -0.15) is 0 Å². The van der Waals surface area contributed by atoms with Crippen LogP contribution in [-0.4, -0.2) is 28.3 Å². The first-order chi connectivity index (χ1) is 11.6. The van der Waals surface area contributed by atoms with Crippen LogP contribution >= 0.6 is 0 Å². The maximum atomic E-state index is 12.0. The zero-order chi connectivity index (χ0) is 17.4. The highest BCUT2D eigenvalue weighted by molar-refractivity contribution is 7.85. The number of anilines is 1. The van der Waals surface area contributed by atoms with Crippen LogP contribution in [0.1, 0.15) is 12.5 Å². The monoisotopic (exact) mass is 344 g/mol. The lowest BCUT2D eigenvalue weighted by Crippen LogP contribution is -2.37. The number of amides is 2. The molecule has 0 fully saturated rings. The number of nitrogens with one attached hydrogen (secondary N) is 2. The standard InChI is InChI=1S/C18H20N2O3S/c1-2-14-8-6-7-11-16(14)20-18(22)17(21)19-12-13-24(23)15-9-4-3-5-10-15/h3-11H,2,12-13H2,1H3,(H,19,21)(H,20,22)/t24-/m1/s1. The second-order valence-electron chi connectivity index (χ2n) is 5.08. The van der Waals surface area contributed by atoms with Crippen LogP contribution in [-0.2, 0) is 26.8 Å². The smallest absolute Gasteiger partial charge is 0.313 e. The van der Waals surface area contributed by atoms with E-state index in [0.717, 1.165) is 12.0 Å². The van der Waals surface area contributed by atoms with E-state index in [9.17, 15) is 13.8 Å². The van der Waals surface area contributed by atoms with Crippen LogP contribution in [0.2, 0.25) is 0 Å². The SMILES string of the molecule is CCc1ccccc1NC(=O)C(=O)NCC[S@@](=O)c1ccccc1. The van der Waals surface area contributed by atoms with Gasteiger partial charge in [-0.15, -0.1) is 0 Å². The van der Waals surface area contributed by atoms with Crippen LogP contribution in [0.3, 0.4) is 0 Å². The van der Waals surface area contributed by atoms with E-state index >= 15 is 0 Å². The van der Waals surface area contributed by atoms with Gasteiger partial charge in [-0.3, -0.25) is 13.8 Å². The third kappa shape index (κ3) is 5.03. The molecule has 6 heteroatoms. The number of rotatable bonds is 6. The Balaban J connectivity index is 1.82. The summed E-state index contributed by atoms with van der Waals surface area (Å²) in [6.45, 7) is 2.15. The van der Waals surface area contributed by atoms with E-state index < -0.39 is 22.6 Å². The normalized spacial score (nSPS) is 11.5. The second kappa shape index (κ2) is 8.98. The molecular formula is C18H20N2O3S. The maximum Gasteiger partial charge on any atom is 0.313 e. The average molecular weight is 344 g/mol. The molecule has 24 heavy (non-hydrogen) atoms. The summed E-state index contributed by atoms with van der Waals surface area (Å²) in [5, 5.41) is 5.10. The number of para-hydroxylation sites is 1. The van der Waals surface area contributed by atoms with Gasteiger partial charge in [0.2, 0.25) is 0 Å². The molecule has 1 atom stereocenters. The van der Waals surface area contributed by atoms with Gasteiger partial charge < -0.3 is 10.6 Å². The van der Waals surface area contributed by atoms with Gasteiger partial charge in [0, 0.05) is 22.9 Å². The van der Waals surface area contributed by atoms with Crippen LogP contribution in [0.5, 0.6) is 0 Å². The molecule has 0 aromatic heterocycles. The third-order valence-electron chi connectivity index (χ3n) is 3.43. The van der Waals surface area contributed by atoms with Crippen LogP contribution in [0, 0.1) is 0 Å². The zero-order valence-corrected chi connectivity index (χ0v) is 14.3. The molecule has 2 amide bonds. The largest absolute Gasteiger partial charge is 0.347 e. The Kier molecular flexibility index (Phi) is 6.69. The van der Waals surface area contributed by atoms with Gasteiger partial charge in [-0.05, 0) is 30.2 Å². The van der Waals surface area contributed by atoms with Crippen LogP contribution in [0.15, 0.2) is 59.5 Å². The van der Waals surface area contributed by atoms with Gasteiger partial charge >= 0.3 is 11.8 Å². The second-order valence-corrected chi connectivity index (χ2v) is 6.65. The topological polar surface area (TPSA) is 75.3 Å². The molecule has 0 aliphatic heterocycles. The predicted molar refractivity (Wildman–Crippen MR) is 95.2 cm³/mol. The van der Waals surface area contributed by atoms with Gasteiger partial charge in [0.1, 0.15) is 0 Å². The highest BCUT2D eigenvalue weighted by atomic mass is 32.2. The van der Waals surface area contributed by atoms with Crippen molar-refractivity contribution in [3.05, 3.63) is 60.2 Å². The number of carbonyl (C=O) groups excluding carboxylic acids is 2. The van der Waals surface area contributed by atoms with Crippen molar-refractivity contribution < 1.29 is 13.8 Å². The molecular weight excluding hydrogens is 324 g/mol. The summed E-state index contributed by atoms with van der Waals surface area (Å²) in [6, 6.07) is 16.3. The van der Waals surface area contributed by atoms with Crippen LogP contribution in [0.4, 0.5) is 5.69 Å². The minimum absolute atomic E-state index is 0.170. The molecule has 2 N–H and O–H groups in total. The number of hydrogen-bond donors (Lipinski definition) is 2. The van der Waals surface area contributed by atoms with E-state index in [-0.39, 0.29) is 12.3 Å². The number of hydrogen-bond acceptors (Lipinski definition) is 3. The molecule has 5 nitrogen and oxygen atoms in total. The quantitative estimate of drug-likeness (QED) is 0.788. The summed E-state index contributed by atoms with van der Waals surface area (Å²) in [7, 11) is -1.20. The molecule has 0 radical (unpaired) electrons. The molecule has 126 valence electrons. The Morgan fingerprint density at radius 1 is 0.958 bits per heavy atom. The summed E-state index contributed by atoms with van der Waals surface area (Å²) in [5.74, 6) is -1.19. The summed E-state index contributed by atoms with van der Waals surface area (Å²) in [5.41, 5.74) is 1.59. The van der Waals surface area contributed by atoms with Crippen molar-refractivity contribution in [3.63, 3.8) is 0 Å². The van der Waals surface area contributed by atoms with Crippen molar-refractivity contribution in [2.24, 2.45) is 0 Å². The molecule has 2 aromatic carbocycles. The lowest BCUT2D eigenvalue weighted by Gasteiger charge is -2.09. The minimum Gasteiger partial charge on any atom is -0.347 e. The molecule has 0 heterocycles. The highest BCUT2D eigenvalue weighted by Crippen LogP contribution is 2.15. The first-order valence-corrected chi connectivity index (χ1v) is 9.04. The van der Waals surface area contributed by atoms with Crippen molar-refractivity contribution in [3.8, 4) is 0 Å². The first kappa shape index (κ1) is 17.9. The Bertz CT molecular complexity index is 732. The van der Waals surface area contributed by atoms with Crippen LogP contribution < -0.4 is 10.6 Å². The van der Waals surface area contributed by atoms with Gasteiger partial charge in [0.15, 0.2) is 0 Å². The summed E-state index contributed by atoms with van der Waals surface area (Å²) in [4.78, 5) is 24.5. The van der Waals surface area contributed by atoms with Gasteiger partial charge in [0.25, 0.3) is 0 Å². The number of carbonyl (C=O) groups is 2. The predicted octanol–water partition coefficient (Wildman–Crippen LogP) is 2.11. The van der Waals surface area contributed by atoms with E-state index in [1.165, 1.54) is 0 Å². The van der Waals surface area contributed by atoms with E-state index in [1.807, 2.05) is 37.3 Å². The molecule has 2 rings (SSSR count).